The number of nitrogens with two attached hydrogens (primary N) is 2. The first kappa shape index (κ1) is 22.6. The molecule has 0 unspecified atom stereocenters. The zero-order valence-corrected chi connectivity index (χ0v) is 16.1. The third-order valence-electron chi connectivity index (χ3n) is 4.10. The number of carbonyl (C=O) groups is 2. The number of nitrogens with zero attached hydrogens (tertiary/aromatic N) is 1. The van der Waals surface area contributed by atoms with Crippen molar-refractivity contribution in [3.8, 4) is 0 Å². The quantitative estimate of drug-likeness (QED) is 0.273. The fourth-order valence-electron chi connectivity index (χ4n) is 2.29. The van der Waals surface area contributed by atoms with E-state index in [0.29, 0.717) is 31.7 Å². The molecule has 1 aromatic carbocycles. The van der Waals surface area contributed by atoms with Gasteiger partial charge in [-0.2, -0.15) is 0 Å². The summed E-state index contributed by atoms with van der Waals surface area (Å²) < 4.78 is 0. The molecule has 8 nitrogen and oxygen atoms in total. The van der Waals surface area contributed by atoms with E-state index in [1.165, 1.54) is 0 Å². The van der Waals surface area contributed by atoms with Crippen molar-refractivity contribution in [3.05, 3.63) is 35.4 Å². The number of rotatable bonds is 13. The van der Waals surface area contributed by atoms with Crippen molar-refractivity contribution in [2.75, 3.05) is 19.8 Å². The van der Waals surface area contributed by atoms with Crippen LogP contribution in [0.25, 0.3) is 0 Å². The molecule has 0 aliphatic heterocycles. The van der Waals surface area contributed by atoms with E-state index in [9.17, 15) is 9.59 Å². The number of oxime groups is 1. The molecule has 0 spiro atoms. The van der Waals surface area contributed by atoms with Gasteiger partial charge in [-0.1, -0.05) is 30.6 Å². The zero-order chi connectivity index (χ0) is 20.1. The highest BCUT2D eigenvalue weighted by Crippen LogP contribution is 2.08. The van der Waals surface area contributed by atoms with Crippen LogP contribution in [0.3, 0.4) is 0 Å². The first-order valence-electron chi connectivity index (χ1n) is 9.12. The highest BCUT2D eigenvalue weighted by Gasteiger charge is 2.09. The summed E-state index contributed by atoms with van der Waals surface area (Å²) in [6, 6.07) is 7.16. The van der Waals surface area contributed by atoms with Gasteiger partial charge in [0.15, 0.2) is 0 Å². The van der Waals surface area contributed by atoms with Crippen LogP contribution in [-0.2, 0) is 14.5 Å². The van der Waals surface area contributed by atoms with Crippen molar-refractivity contribution in [2.45, 2.75) is 39.5 Å². The summed E-state index contributed by atoms with van der Waals surface area (Å²) >= 11 is 0. The standard InChI is InChI=1S/C19H30N4O4/c1-14(18(20)24)6-3-4-11-22-19(25)17-9-7-16(8-10-17)15(2)23-27-13-5-12-26-21/h7-10,14H,3-6,11-13,21H2,1-2H3,(H2,20,24)(H,22,25)/b23-15-/t14-/m0/s1. The van der Waals surface area contributed by atoms with Gasteiger partial charge in [-0.25, -0.2) is 5.90 Å². The summed E-state index contributed by atoms with van der Waals surface area (Å²) in [4.78, 5) is 32.7. The average molecular weight is 378 g/mol. The molecule has 8 heteroatoms. The van der Waals surface area contributed by atoms with E-state index in [1.54, 1.807) is 12.1 Å². The Hall–Kier alpha value is -2.45. The van der Waals surface area contributed by atoms with E-state index >= 15 is 0 Å². The third kappa shape index (κ3) is 9.16. The van der Waals surface area contributed by atoms with Crippen LogP contribution in [-0.4, -0.2) is 37.3 Å². The fraction of sp³-hybridized carbons (Fsp3) is 0.526. The largest absolute Gasteiger partial charge is 0.395 e. The lowest BCUT2D eigenvalue weighted by atomic mass is 10.0. The zero-order valence-electron chi connectivity index (χ0n) is 16.1. The number of unbranched alkanes of at least 4 members (excludes halogenated alkanes) is 1. The molecular formula is C19H30N4O4. The molecule has 0 aliphatic carbocycles. The number of primary amides is 1. The lowest BCUT2D eigenvalue weighted by Crippen LogP contribution is -2.25. The predicted molar refractivity (Wildman–Crippen MR) is 104 cm³/mol. The molecule has 2 amide bonds. The molecule has 0 saturated heterocycles. The van der Waals surface area contributed by atoms with E-state index in [0.717, 1.165) is 30.5 Å². The van der Waals surface area contributed by atoms with Crippen LogP contribution in [0.4, 0.5) is 0 Å². The van der Waals surface area contributed by atoms with Crippen molar-refractivity contribution >= 4 is 17.5 Å². The minimum atomic E-state index is -0.284. The molecular weight excluding hydrogens is 348 g/mol. The van der Waals surface area contributed by atoms with Crippen LogP contribution in [0.2, 0.25) is 0 Å². The topological polar surface area (TPSA) is 129 Å². The summed E-state index contributed by atoms with van der Waals surface area (Å²) in [5, 5.41) is 6.90. The number of benzene rings is 1. The SMILES string of the molecule is C/C(=N/OCCCON)c1ccc(C(=O)NCCCC[C@H](C)C(N)=O)cc1. The number of hydrogen-bond acceptors (Lipinski definition) is 6. The van der Waals surface area contributed by atoms with Crippen LogP contribution >= 0.6 is 0 Å². The third-order valence-corrected chi connectivity index (χ3v) is 4.10. The number of amides is 2. The molecule has 1 rings (SSSR count). The maximum atomic E-state index is 12.1. The first-order valence-corrected chi connectivity index (χ1v) is 9.12. The number of hydrogen-bond donors (Lipinski definition) is 3. The molecule has 5 N–H and O–H groups in total. The van der Waals surface area contributed by atoms with Gasteiger partial charge in [0.1, 0.15) is 6.61 Å². The van der Waals surface area contributed by atoms with Gasteiger partial charge in [-0.05, 0) is 37.5 Å². The van der Waals surface area contributed by atoms with Gasteiger partial charge in [0.25, 0.3) is 5.91 Å². The maximum absolute atomic E-state index is 12.1. The minimum absolute atomic E-state index is 0.128. The van der Waals surface area contributed by atoms with Gasteiger partial charge >= 0.3 is 0 Å². The van der Waals surface area contributed by atoms with E-state index in [4.69, 9.17) is 16.5 Å². The maximum Gasteiger partial charge on any atom is 0.251 e. The summed E-state index contributed by atoms with van der Waals surface area (Å²) in [5.41, 5.74) is 7.40. The summed E-state index contributed by atoms with van der Waals surface area (Å²) in [6.07, 6.45) is 3.05. The molecule has 0 fully saturated rings. The molecule has 0 heterocycles. The highest BCUT2D eigenvalue weighted by molar-refractivity contribution is 6.00. The molecule has 27 heavy (non-hydrogen) atoms. The molecule has 0 bridgehead atoms. The second kappa shape index (κ2) is 12.8. The van der Waals surface area contributed by atoms with E-state index in [-0.39, 0.29) is 17.7 Å². The van der Waals surface area contributed by atoms with Crippen LogP contribution in [0.5, 0.6) is 0 Å². The van der Waals surface area contributed by atoms with Crippen molar-refractivity contribution in [3.63, 3.8) is 0 Å². The van der Waals surface area contributed by atoms with Crippen molar-refractivity contribution in [2.24, 2.45) is 22.7 Å². The lowest BCUT2D eigenvalue weighted by Gasteiger charge is -2.08. The number of nitrogens with one attached hydrogen (secondary N) is 1. The Morgan fingerprint density at radius 3 is 2.41 bits per heavy atom. The minimum Gasteiger partial charge on any atom is -0.395 e. The van der Waals surface area contributed by atoms with Crippen molar-refractivity contribution in [1.29, 1.82) is 0 Å². The summed E-state index contributed by atoms with van der Waals surface area (Å²) in [5.74, 6) is 4.39. The Morgan fingerprint density at radius 2 is 1.78 bits per heavy atom. The Labute approximate surface area is 160 Å². The second-order valence-electron chi connectivity index (χ2n) is 6.37. The second-order valence-corrected chi connectivity index (χ2v) is 6.37. The first-order chi connectivity index (χ1) is 13.0. The van der Waals surface area contributed by atoms with Crippen LogP contribution in [0, 0.1) is 5.92 Å². The monoisotopic (exact) mass is 378 g/mol. The molecule has 0 radical (unpaired) electrons. The molecule has 1 atom stereocenters. The Morgan fingerprint density at radius 1 is 1.11 bits per heavy atom. The smallest absolute Gasteiger partial charge is 0.251 e. The lowest BCUT2D eigenvalue weighted by molar-refractivity contribution is -0.121. The summed E-state index contributed by atoms with van der Waals surface area (Å²) in [7, 11) is 0. The van der Waals surface area contributed by atoms with Gasteiger partial charge < -0.3 is 20.7 Å². The van der Waals surface area contributed by atoms with Crippen LogP contribution in [0.15, 0.2) is 29.4 Å². The van der Waals surface area contributed by atoms with Gasteiger partial charge in [0.05, 0.1) is 12.3 Å². The Balaban J connectivity index is 2.36. The van der Waals surface area contributed by atoms with E-state index in [1.807, 2.05) is 26.0 Å². The van der Waals surface area contributed by atoms with Crippen LogP contribution < -0.4 is 16.9 Å². The molecule has 1 aromatic rings. The highest BCUT2D eigenvalue weighted by atomic mass is 16.6. The van der Waals surface area contributed by atoms with Crippen LogP contribution in [0.1, 0.15) is 55.5 Å². The molecule has 0 saturated carbocycles. The molecule has 0 aliphatic rings. The fourth-order valence-corrected chi connectivity index (χ4v) is 2.29. The van der Waals surface area contributed by atoms with E-state index < -0.39 is 0 Å². The number of carbonyl (C=O) groups excluding carboxylic acids is 2. The van der Waals surface area contributed by atoms with Gasteiger partial charge in [0.2, 0.25) is 5.91 Å². The van der Waals surface area contributed by atoms with Gasteiger partial charge in [-0.15, -0.1) is 0 Å². The molecule has 150 valence electrons. The normalized spacial score (nSPS) is 12.5. The van der Waals surface area contributed by atoms with Crippen molar-refractivity contribution in [1.82, 2.24) is 5.32 Å². The Bertz CT molecular complexity index is 617. The average Bonchev–Trinajstić information content (AvgIpc) is 2.67. The summed E-state index contributed by atoms with van der Waals surface area (Å²) in [6.45, 7) is 5.05. The predicted octanol–water partition coefficient (Wildman–Crippen LogP) is 1.73. The van der Waals surface area contributed by atoms with Gasteiger partial charge in [0, 0.05) is 24.4 Å². The van der Waals surface area contributed by atoms with E-state index in [2.05, 4.69) is 15.3 Å². The van der Waals surface area contributed by atoms with Crippen molar-refractivity contribution < 1.29 is 19.3 Å². The molecule has 0 aromatic heterocycles. The Kier molecular flexibility index (Phi) is 10.7. The van der Waals surface area contributed by atoms with Gasteiger partial charge in [-0.3, -0.25) is 9.59 Å².